The number of halogens is 2. The number of alkyl halides is 2. The molecule has 2 aliphatic rings. The molecule has 2 heterocycles. The zero-order valence-electron chi connectivity index (χ0n) is 12.8. The SMILES string of the molecule is COC(=O)C1c2cn(C)nc2CN1C(=O)C(F)(F)C1(O)CCC1. The van der Waals surface area contributed by atoms with Gasteiger partial charge in [0.2, 0.25) is 0 Å². The van der Waals surface area contributed by atoms with E-state index in [0.29, 0.717) is 17.7 Å². The van der Waals surface area contributed by atoms with Crippen molar-refractivity contribution in [3.63, 3.8) is 0 Å². The number of esters is 1. The molecule has 1 unspecified atom stereocenters. The lowest BCUT2D eigenvalue weighted by Gasteiger charge is -2.43. The summed E-state index contributed by atoms with van der Waals surface area (Å²) >= 11 is 0. The second-order valence-electron chi connectivity index (χ2n) is 6.02. The summed E-state index contributed by atoms with van der Waals surface area (Å²) in [5.74, 6) is -6.35. The number of aliphatic hydroxyl groups is 1. The molecule has 23 heavy (non-hydrogen) atoms. The first-order chi connectivity index (χ1) is 10.7. The van der Waals surface area contributed by atoms with Gasteiger partial charge in [0, 0.05) is 18.8 Å². The molecule has 1 atom stereocenters. The number of amides is 1. The fraction of sp³-hybridized carbons (Fsp3) is 0.643. The van der Waals surface area contributed by atoms with E-state index in [0.717, 1.165) is 12.0 Å². The van der Waals surface area contributed by atoms with E-state index < -0.39 is 29.4 Å². The predicted octanol–water partition coefficient (Wildman–Crippen LogP) is 0.527. The molecule has 1 aromatic rings. The van der Waals surface area contributed by atoms with Crippen LogP contribution in [0.2, 0.25) is 0 Å². The number of rotatable bonds is 3. The van der Waals surface area contributed by atoms with Crippen molar-refractivity contribution in [1.29, 1.82) is 0 Å². The van der Waals surface area contributed by atoms with Gasteiger partial charge in [0.1, 0.15) is 5.60 Å². The van der Waals surface area contributed by atoms with E-state index in [4.69, 9.17) is 0 Å². The largest absolute Gasteiger partial charge is 0.467 e. The van der Waals surface area contributed by atoms with E-state index in [1.54, 1.807) is 7.05 Å². The van der Waals surface area contributed by atoms with Crippen molar-refractivity contribution in [2.75, 3.05) is 7.11 Å². The van der Waals surface area contributed by atoms with Crippen LogP contribution < -0.4 is 0 Å². The fourth-order valence-electron chi connectivity index (χ4n) is 3.08. The van der Waals surface area contributed by atoms with Crippen molar-refractivity contribution in [1.82, 2.24) is 14.7 Å². The van der Waals surface area contributed by atoms with Gasteiger partial charge < -0.3 is 14.7 Å². The average Bonchev–Trinajstić information content (AvgIpc) is 2.98. The summed E-state index contributed by atoms with van der Waals surface area (Å²) in [6, 6.07) is -1.27. The normalized spacial score (nSPS) is 22.5. The molecule has 0 aromatic carbocycles. The summed E-state index contributed by atoms with van der Waals surface area (Å²) in [6.45, 7) is -0.222. The van der Waals surface area contributed by atoms with Crippen LogP contribution >= 0.6 is 0 Å². The van der Waals surface area contributed by atoms with Crippen LogP contribution in [0.25, 0.3) is 0 Å². The summed E-state index contributed by atoms with van der Waals surface area (Å²) in [4.78, 5) is 25.1. The number of carbonyl (C=O) groups is 2. The average molecular weight is 329 g/mol. The molecule has 1 aromatic heterocycles. The number of methoxy groups -OCH3 is 1. The van der Waals surface area contributed by atoms with Gasteiger partial charge in [-0.25, -0.2) is 4.79 Å². The zero-order chi connectivity index (χ0) is 17.0. The number of nitrogens with zero attached hydrogens (tertiary/aromatic N) is 3. The molecule has 0 saturated heterocycles. The van der Waals surface area contributed by atoms with Crippen LogP contribution in [0.4, 0.5) is 8.78 Å². The van der Waals surface area contributed by atoms with E-state index in [1.165, 1.54) is 10.9 Å². The highest BCUT2D eigenvalue weighted by Gasteiger charge is 2.64. The highest BCUT2D eigenvalue weighted by molar-refractivity contribution is 5.91. The molecule has 3 rings (SSSR count). The smallest absolute Gasteiger partial charge is 0.352 e. The van der Waals surface area contributed by atoms with Crippen molar-refractivity contribution in [3.8, 4) is 0 Å². The maximum atomic E-state index is 14.4. The lowest BCUT2D eigenvalue weighted by molar-refractivity contribution is -0.225. The molecule has 1 fully saturated rings. The highest BCUT2D eigenvalue weighted by Crippen LogP contribution is 2.47. The molecular weight excluding hydrogens is 312 g/mol. The van der Waals surface area contributed by atoms with Crippen molar-refractivity contribution >= 4 is 11.9 Å². The minimum Gasteiger partial charge on any atom is -0.467 e. The molecule has 1 saturated carbocycles. The maximum Gasteiger partial charge on any atom is 0.352 e. The minimum atomic E-state index is -3.96. The van der Waals surface area contributed by atoms with Crippen LogP contribution in [0.3, 0.4) is 0 Å². The number of aromatic nitrogens is 2. The Kier molecular flexibility index (Phi) is 3.44. The van der Waals surface area contributed by atoms with Crippen molar-refractivity contribution in [2.24, 2.45) is 7.05 Å². The van der Waals surface area contributed by atoms with E-state index in [9.17, 15) is 23.5 Å². The van der Waals surface area contributed by atoms with Crippen LogP contribution in [0, 0.1) is 0 Å². The Hall–Kier alpha value is -2.03. The Balaban J connectivity index is 1.94. The molecular formula is C14H17F2N3O4. The lowest BCUT2D eigenvalue weighted by atomic mass is 9.75. The Bertz CT molecular complexity index is 669. The summed E-state index contributed by atoms with van der Waals surface area (Å²) in [7, 11) is 2.75. The van der Waals surface area contributed by atoms with Crippen LogP contribution in [-0.4, -0.2) is 50.3 Å². The second kappa shape index (κ2) is 4.98. The zero-order valence-corrected chi connectivity index (χ0v) is 12.8. The van der Waals surface area contributed by atoms with E-state index in [-0.39, 0.29) is 19.4 Å². The van der Waals surface area contributed by atoms with Gasteiger partial charge in [0.05, 0.1) is 19.3 Å². The molecule has 0 bridgehead atoms. The highest BCUT2D eigenvalue weighted by atomic mass is 19.3. The van der Waals surface area contributed by atoms with Crippen LogP contribution in [0.1, 0.15) is 36.6 Å². The van der Waals surface area contributed by atoms with E-state index >= 15 is 0 Å². The summed E-state index contributed by atoms with van der Waals surface area (Å²) in [5.41, 5.74) is -1.60. The first-order valence-corrected chi connectivity index (χ1v) is 7.23. The number of fused-ring (bicyclic) bond motifs is 1. The number of ether oxygens (including phenoxy) is 1. The fourth-order valence-corrected chi connectivity index (χ4v) is 3.08. The van der Waals surface area contributed by atoms with Crippen molar-refractivity contribution in [2.45, 2.75) is 43.4 Å². The summed E-state index contributed by atoms with van der Waals surface area (Å²) < 4.78 is 34.9. The third-order valence-electron chi connectivity index (χ3n) is 4.58. The van der Waals surface area contributed by atoms with Crippen molar-refractivity contribution < 1.29 is 28.2 Å². The van der Waals surface area contributed by atoms with Gasteiger partial charge in [-0.3, -0.25) is 9.48 Å². The first-order valence-electron chi connectivity index (χ1n) is 7.23. The van der Waals surface area contributed by atoms with Gasteiger partial charge in [0.15, 0.2) is 6.04 Å². The van der Waals surface area contributed by atoms with Gasteiger partial charge >= 0.3 is 11.9 Å². The lowest BCUT2D eigenvalue weighted by Crippen LogP contribution is -2.61. The van der Waals surface area contributed by atoms with Crippen molar-refractivity contribution in [3.05, 3.63) is 17.5 Å². The number of aryl methyl sites for hydroxylation is 1. The molecule has 1 amide bonds. The Morgan fingerprint density at radius 2 is 2.13 bits per heavy atom. The summed E-state index contributed by atoms with van der Waals surface area (Å²) in [6.07, 6.45) is 1.65. The predicted molar refractivity (Wildman–Crippen MR) is 72.3 cm³/mol. The quantitative estimate of drug-likeness (QED) is 0.818. The number of hydrogen-bond donors (Lipinski definition) is 1. The Labute approximate surface area is 130 Å². The van der Waals surface area contributed by atoms with Crippen LogP contribution in [0.15, 0.2) is 6.20 Å². The van der Waals surface area contributed by atoms with E-state index in [2.05, 4.69) is 9.84 Å². The summed E-state index contributed by atoms with van der Waals surface area (Å²) in [5, 5.41) is 14.0. The minimum absolute atomic E-state index is 0.144. The number of carbonyl (C=O) groups excluding carboxylic acids is 2. The van der Waals surface area contributed by atoms with E-state index in [1.807, 2.05) is 0 Å². The first kappa shape index (κ1) is 15.9. The molecule has 0 radical (unpaired) electrons. The van der Waals surface area contributed by atoms with Crippen LogP contribution in [0.5, 0.6) is 0 Å². The Morgan fingerprint density at radius 3 is 2.65 bits per heavy atom. The van der Waals surface area contributed by atoms with Gasteiger partial charge in [-0.15, -0.1) is 0 Å². The topological polar surface area (TPSA) is 84.7 Å². The van der Waals surface area contributed by atoms with Crippen LogP contribution in [-0.2, 0) is 27.9 Å². The molecule has 126 valence electrons. The second-order valence-corrected chi connectivity index (χ2v) is 6.02. The molecule has 9 heteroatoms. The molecule has 0 spiro atoms. The molecule has 1 N–H and O–H groups in total. The standard InChI is InChI=1S/C14H17F2N3O4/c1-18-6-8-9(17-18)7-19(10(8)11(20)23-2)12(21)14(15,16)13(22)4-3-5-13/h6,10,22H,3-5,7H2,1-2H3. The Morgan fingerprint density at radius 1 is 1.48 bits per heavy atom. The van der Waals surface area contributed by atoms with Gasteiger partial charge in [0.25, 0.3) is 5.91 Å². The van der Waals surface area contributed by atoms with Gasteiger partial charge in [-0.05, 0) is 19.3 Å². The third-order valence-corrected chi connectivity index (χ3v) is 4.58. The number of hydrogen-bond acceptors (Lipinski definition) is 5. The molecule has 1 aliphatic carbocycles. The maximum absolute atomic E-state index is 14.4. The third kappa shape index (κ3) is 2.13. The molecule has 7 nitrogen and oxygen atoms in total. The monoisotopic (exact) mass is 329 g/mol. The van der Waals surface area contributed by atoms with Gasteiger partial charge in [-0.1, -0.05) is 0 Å². The van der Waals surface area contributed by atoms with Gasteiger partial charge in [-0.2, -0.15) is 13.9 Å². The molecule has 1 aliphatic heterocycles.